The number of aldehydes is 1. The number of anilines is 1. The minimum absolute atomic E-state index is 0.0782. The Kier molecular flexibility index (Phi) is 9.04. The number of nitrogens with zero attached hydrogens (tertiary/aromatic N) is 3. The number of carbonyl (C=O) groups excluding carboxylic acids is 2. The Balaban J connectivity index is 0.000000396. The lowest BCUT2D eigenvalue weighted by Gasteiger charge is -2.35. The van der Waals surface area contributed by atoms with Crippen molar-refractivity contribution < 1.29 is 14.0 Å². The molecule has 8 heteroatoms. The van der Waals surface area contributed by atoms with Crippen LogP contribution in [-0.4, -0.2) is 59.9 Å². The van der Waals surface area contributed by atoms with Crippen LogP contribution in [0.1, 0.15) is 21.2 Å². The van der Waals surface area contributed by atoms with Crippen LogP contribution < -0.4 is 5.73 Å². The van der Waals surface area contributed by atoms with Gasteiger partial charge in [-0.3, -0.25) is 4.79 Å². The second-order valence-electron chi connectivity index (χ2n) is 8.05. The zero-order valence-electron chi connectivity index (χ0n) is 19.3. The summed E-state index contributed by atoms with van der Waals surface area (Å²) in [5.74, 6) is 0.397. The molecule has 2 heterocycles. The summed E-state index contributed by atoms with van der Waals surface area (Å²) in [6, 6.07) is 10.0. The molecule has 2 atom stereocenters. The normalized spacial score (nSPS) is 18.9. The first kappa shape index (κ1) is 25.2. The smallest absolute Gasteiger partial charge is 0.254 e. The van der Waals surface area contributed by atoms with Crippen molar-refractivity contribution in [2.75, 3.05) is 38.7 Å². The van der Waals surface area contributed by atoms with E-state index in [1.54, 1.807) is 29.3 Å². The molecule has 1 aromatic carbocycles. The van der Waals surface area contributed by atoms with Gasteiger partial charge in [0, 0.05) is 61.9 Å². The van der Waals surface area contributed by atoms with Gasteiger partial charge < -0.3 is 20.3 Å². The van der Waals surface area contributed by atoms with Crippen LogP contribution in [0.4, 0.5) is 10.2 Å². The summed E-state index contributed by atoms with van der Waals surface area (Å²) in [6.07, 6.45) is 12.7. The Bertz CT molecular complexity index is 1090. The van der Waals surface area contributed by atoms with Gasteiger partial charge in [0.15, 0.2) is 0 Å². The largest absolute Gasteiger partial charge is 0.384 e. The minimum atomic E-state index is -0.377. The van der Waals surface area contributed by atoms with Crippen molar-refractivity contribution in [1.82, 2.24) is 14.8 Å². The molecule has 178 valence electrons. The van der Waals surface area contributed by atoms with Crippen molar-refractivity contribution in [2.45, 2.75) is 5.25 Å². The van der Waals surface area contributed by atoms with Crippen LogP contribution in [0.15, 0.2) is 78.7 Å². The van der Waals surface area contributed by atoms with E-state index in [4.69, 9.17) is 5.73 Å². The van der Waals surface area contributed by atoms with E-state index in [-0.39, 0.29) is 28.6 Å². The van der Waals surface area contributed by atoms with Crippen molar-refractivity contribution in [2.24, 2.45) is 5.92 Å². The SMILES string of the molecule is CN(C)C1=CC=CC(CN2CC(SCC=O)c3c(F)cccc3C2=O)C=C1.Nc1ccccn1. The van der Waals surface area contributed by atoms with E-state index in [9.17, 15) is 14.0 Å². The number of nitrogen functional groups attached to an aromatic ring is 1. The fraction of sp³-hybridized carbons (Fsp3) is 0.269. The van der Waals surface area contributed by atoms with Crippen molar-refractivity contribution in [1.29, 1.82) is 0 Å². The van der Waals surface area contributed by atoms with E-state index in [0.29, 0.717) is 30.0 Å². The average Bonchev–Trinajstić information content (AvgIpc) is 3.07. The number of rotatable bonds is 6. The molecule has 0 saturated heterocycles. The number of allylic oxidation sites excluding steroid dienone is 3. The fourth-order valence-electron chi connectivity index (χ4n) is 3.73. The van der Waals surface area contributed by atoms with Crippen LogP contribution in [0.3, 0.4) is 0 Å². The number of benzene rings is 1. The van der Waals surface area contributed by atoms with Gasteiger partial charge in [0.2, 0.25) is 0 Å². The molecule has 2 aliphatic rings. The maximum absolute atomic E-state index is 14.4. The van der Waals surface area contributed by atoms with E-state index in [0.717, 1.165) is 12.0 Å². The van der Waals surface area contributed by atoms with E-state index in [2.05, 4.69) is 17.1 Å². The number of pyridine rings is 1. The number of hydrogen-bond acceptors (Lipinski definition) is 6. The molecule has 6 nitrogen and oxygen atoms in total. The first-order valence-corrected chi connectivity index (χ1v) is 12.0. The zero-order valence-corrected chi connectivity index (χ0v) is 20.1. The van der Waals surface area contributed by atoms with Gasteiger partial charge in [0.25, 0.3) is 5.91 Å². The van der Waals surface area contributed by atoms with Crippen molar-refractivity contribution in [3.63, 3.8) is 0 Å². The molecule has 0 spiro atoms. The molecule has 2 N–H and O–H groups in total. The molecule has 34 heavy (non-hydrogen) atoms. The van der Waals surface area contributed by atoms with E-state index in [1.165, 1.54) is 17.8 Å². The lowest BCUT2D eigenvalue weighted by Crippen LogP contribution is -2.42. The quantitative estimate of drug-likeness (QED) is 0.627. The third-order valence-electron chi connectivity index (χ3n) is 5.42. The van der Waals surface area contributed by atoms with Gasteiger partial charge in [0.1, 0.15) is 17.9 Å². The third kappa shape index (κ3) is 6.57. The van der Waals surface area contributed by atoms with Gasteiger partial charge in [0.05, 0.1) is 5.25 Å². The molecular formula is C26H29FN4O2S. The maximum Gasteiger partial charge on any atom is 0.254 e. The van der Waals surface area contributed by atoms with Gasteiger partial charge in [-0.05, 0) is 36.4 Å². The predicted molar refractivity (Wildman–Crippen MR) is 136 cm³/mol. The second-order valence-corrected chi connectivity index (χ2v) is 9.28. The molecule has 1 aliphatic carbocycles. The van der Waals surface area contributed by atoms with Crippen LogP contribution in [0, 0.1) is 11.7 Å². The van der Waals surface area contributed by atoms with Crippen LogP contribution in [0.5, 0.6) is 0 Å². The predicted octanol–water partition coefficient (Wildman–Crippen LogP) is 4.11. The highest BCUT2D eigenvalue weighted by atomic mass is 32.2. The number of aromatic nitrogens is 1. The van der Waals surface area contributed by atoms with E-state index < -0.39 is 0 Å². The summed E-state index contributed by atoms with van der Waals surface area (Å²) in [5.41, 5.74) is 7.16. The molecule has 1 amide bonds. The number of amides is 1. The number of fused-ring (bicyclic) bond motifs is 1. The number of nitrogens with two attached hydrogens (primary N) is 1. The van der Waals surface area contributed by atoms with Gasteiger partial charge in [-0.2, -0.15) is 0 Å². The molecule has 0 fully saturated rings. The Labute approximate surface area is 204 Å². The fourth-order valence-corrected chi connectivity index (χ4v) is 4.74. The summed E-state index contributed by atoms with van der Waals surface area (Å²) in [7, 11) is 3.97. The van der Waals surface area contributed by atoms with Crippen LogP contribution in [0.2, 0.25) is 0 Å². The Morgan fingerprint density at radius 3 is 2.71 bits per heavy atom. The molecule has 0 radical (unpaired) electrons. The molecule has 4 rings (SSSR count). The number of carbonyl (C=O) groups is 2. The van der Waals surface area contributed by atoms with E-state index in [1.807, 2.05) is 49.4 Å². The lowest BCUT2D eigenvalue weighted by molar-refractivity contribution is -0.105. The Hall–Kier alpha value is -3.39. The minimum Gasteiger partial charge on any atom is -0.384 e. The molecule has 1 aromatic heterocycles. The molecular weight excluding hydrogens is 451 g/mol. The summed E-state index contributed by atoms with van der Waals surface area (Å²) in [6.45, 7) is 0.923. The first-order chi connectivity index (χ1) is 16.4. The molecule has 1 aliphatic heterocycles. The Morgan fingerprint density at radius 1 is 1.24 bits per heavy atom. The van der Waals surface area contributed by atoms with Gasteiger partial charge in [-0.1, -0.05) is 30.4 Å². The monoisotopic (exact) mass is 480 g/mol. The molecule has 0 saturated carbocycles. The highest BCUT2D eigenvalue weighted by Crippen LogP contribution is 2.38. The summed E-state index contributed by atoms with van der Waals surface area (Å²) in [4.78, 5) is 31.3. The van der Waals surface area contributed by atoms with Crippen LogP contribution >= 0.6 is 11.8 Å². The van der Waals surface area contributed by atoms with Gasteiger partial charge in [-0.15, -0.1) is 11.8 Å². The molecule has 2 unspecified atom stereocenters. The number of hydrogen-bond donors (Lipinski definition) is 1. The van der Waals surface area contributed by atoms with Crippen molar-refractivity contribution >= 4 is 29.8 Å². The van der Waals surface area contributed by atoms with Crippen LogP contribution in [0.25, 0.3) is 0 Å². The molecule has 2 aromatic rings. The summed E-state index contributed by atoms with van der Waals surface area (Å²) in [5, 5.41) is -0.238. The number of halogens is 1. The highest BCUT2D eigenvalue weighted by molar-refractivity contribution is 8.00. The highest BCUT2D eigenvalue weighted by Gasteiger charge is 2.34. The summed E-state index contributed by atoms with van der Waals surface area (Å²) >= 11 is 1.38. The average molecular weight is 481 g/mol. The Morgan fingerprint density at radius 2 is 2.06 bits per heavy atom. The summed E-state index contributed by atoms with van der Waals surface area (Å²) < 4.78 is 14.4. The van der Waals surface area contributed by atoms with Gasteiger partial charge in [-0.25, -0.2) is 9.37 Å². The van der Waals surface area contributed by atoms with E-state index >= 15 is 0 Å². The topological polar surface area (TPSA) is 79.5 Å². The lowest BCUT2D eigenvalue weighted by atomic mass is 9.96. The first-order valence-electron chi connectivity index (χ1n) is 10.9. The van der Waals surface area contributed by atoms with Crippen LogP contribution in [-0.2, 0) is 4.79 Å². The number of thioether (sulfide) groups is 1. The zero-order chi connectivity index (χ0) is 24.5. The third-order valence-corrected chi connectivity index (χ3v) is 6.53. The maximum atomic E-state index is 14.4. The number of likely N-dealkylation sites (N-methyl/N-ethyl adjacent to an activating group) is 1. The van der Waals surface area contributed by atoms with Gasteiger partial charge >= 0.3 is 0 Å². The standard InChI is InChI=1S/C21H23FN2O2S.C5H6N2/c1-23(2)16-6-3-5-15(9-10-16)13-24-14-19(27-12-11-25)20-17(21(24)26)7-4-8-18(20)22;6-5-3-1-2-4-7-5/h3-11,15,19H,12-14H2,1-2H3;1-4H,(H2,6,7). The van der Waals surface area contributed by atoms with Crippen molar-refractivity contribution in [3.05, 3.63) is 95.6 Å². The second kappa shape index (κ2) is 12.2. The molecule has 0 bridgehead atoms. The van der Waals surface area contributed by atoms with Crippen molar-refractivity contribution in [3.8, 4) is 0 Å².